The molecule has 0 bridgehead atoms. The van der Waals surface area contributed by atoms with E-state index in [0.29, 0.717) is 19.6 Å². The van der Waals surface area contributed by atoms with Gasteiger partial charge in [-0.25, -0.2) is 0 Å². The van der Waals surface area contributed by atoms with Crippen LogP contribution in [0.5, 0.6) is 11.5 Å². The Morgan fingerprint density at radius 1 is 0.607 bits per heavy atom. The number of aliphatic hydroxyl groups is 4. The first kappa shape index (κ1) is 23.9. The Morgan fingerprint density at radius 2 is 0.964 bits per heavy atom. The van der Waals surface area contributed by atoms with Crippen molar-refractivity contribution in [1.29, 1.82) is 0 Å². The van der Waals surface area contributed by atoms with E-state index in [1.54, 1.807) is 0 Å². The highest BCUT2D eigenvalue weighted by Gasteiger charge is 2.23. The van der Waals surface area contributed by atoms with Crippen molar-refractivity contribution in [3.63, 3.8) is 0 Å². The molecule has 0 radical (unpaired) electrons. The van der Waals surface area contributed by atoms with Crippen LogP contribution in [-0.2, 0) is 5.41 Å². The number of hydrogen-bond acceptors (Lipinski definition) is 6. The molecule has 28 heavy (non-hydrogen) atoms. The van der Waals surface area contributed by atoms with Gasteiger partial charge in [-0.1, -0.05) is 38.1 Å². The number of ether oxygens (including phenoxy) is 2. The Morgan fingerprint density at radius 3 is 1.21 bits per heavy atom. The van der Waals surface area contributed by atoms with E-state index >= 15 is 0 Å². The molecule has 0 saturated carbocycles. The van der Waals surface area contributed by atoms with Gasteiger partial charge in [0.2, 0.25) is 0 Å². The van der Waals surface area contributed by atoms with E-state index in [-0.39, 0.29) is 31.8 Å². The van der Waals surface area contributed by atoms with Crippen molar-refractivity contribution >= 4 is 0 Å². The van der Waals surface area contributed by atoms with Crippen LogP contribution in [0, 0.1) is 0 Å². The molecule has 0 saturated heterocycles. The van der Waals surface area contributed by atoms with Gasteiger partial charge in [0.15, 0.2) is 0 Å². The van der Waals surface area contributed by atoms with E-state index in [9.17, 15) is 0 Å². The number of rotatable bonds is 10. The van der Waals surface area contributed by atoms with Gasteiger partial charge in [-0.15, -0.1) is 0 Å². The second-order valence-corrected chi connectivity index (χ2v) is 6.62. The Balaban J connectivity index is 0.000000696. The third-order valence-electron chi connectivity index (χ3n) is 4.19. The summed E-state index contributed by atoms with van der Waals surface area (Å²) in [5.41, 5.74) is 2.21. The van der Waals surface area contributed by atoms with Gasteiger partial charge in [-0.3, -0.25) is 0 Å². The van der Waals surface area contributed by atoms with Gasteiger partial charge in [-0.2, -0.15) is 0 Å². The van der Waals surface area contributed by atoms with E-state index in [1.807, 2.05) is 48.5 Å². The summed E-state index contributed by atoms with van der Waals surface area (Å²) < 4.78 is 10.8. The second kappa shape index (κ2) is 13.1. The van der Waals surface area contributed by atoms with E-state index in [1.165, 1.54) is 11.1 Å². The molecule has 2 rings (SSSR count). The van der Waals surface area contributed by atoms with Crippen molar-refractivity contribution in [3.8, 4) is 11.5 Å². The minimum Gasteiger partial charge on any atom is -0.491 e. The molecular formula is C22H32O6. The summed E-state index contributed by atoms with van der Waals surface area (Å²) in [5.74, 6) is 1.51. The largest absolute Gasteiger partial charge is 0.491 e. The normalized spacial score (nSPS) is 10.8. The molecule has 6 heteroatoms. The predicted octanol–water partition coefficient (Wildman–Crippen LogP) is 2.12. The second-order valence-electron chi connectivity index (χ2n) is 6.62. The quantitative estimate of drug-likeness (QED) is 0.494. The summed E-state index contributed by atoms with van der Waals surface area (Å²) in [5, 5.41) is 33.4. The van der Waals surface area contributed by atoms with Crippen LogP contribution in [0.25, 0.3) is 0 Å². The minimum absolute atomic E-state index is 0.0119. The van der Waals surface area contributed by atoms with Gasteiger partial charge in [0.25, 0.3) is 0 Å². The lowest BCUT2D eigenvalue weighted by atomic mass is 9.78. The van der Waals surface area contributed by atoms with Crippen LogP contribution in [0.4, 0.5) is 0 Å². The fourth-order valence-electron chi connectivity index (χ4n) is 2.50. The SMILES string of the molecule is CC(C)(c1ccc(OCCO)cc1)c1ccc(OCCO)cc1.OCCCO. The van der Waals surface area contributed by atoms with Crippen LogP contribution in [0.1, 0.15) is 31.4 Å². The number of aliphatic hydroxyl groups excluding tert-OH is 4. The Labute approximate surface area is 167 Å². The fraction of sp³-hybridized carbons (Fsp3) is 0.455. The maximum Gasteiger partial charge on any atom is 0.119 e. The lowest BCUT2D eigenvalue weighted by Crippen LogP contribution is -2.18. The van der Waals surface area contributed by atoms with Crippen molar-refractivity contribution in [2.24, 2.45) is 0 Å². The molecule has 0 aliphatic rings. The molecule has 2 aromatic carbocycles. The smallest absolute Gasteiger partial charge is 0.119 e. The molecule has 0 amide bonds. The molecular weight excluding hydrogens is 360 g/mol. The molecule has 0 aromatic heterocycles. The summed E-state index contributed by atoms with van der Waals surface area (Å²) in [6, 6.07) is 15.9. The van der Waals surface area contributed by atoms with Gasteiger partial charge in [0.05, 0.1) is 13.2 Å². The Kier molecular flexibility index (Phi) is 11.2. The molecule has 0 heterocycles. The molecule has 2 aromatic rings. The van der Waals surface area contributed by atoms with Gasteiger partial charge < -0.3 is 29.9 Å². The van der Waals surface area contributed by atoms with E-state index in [0.717, 1.165) is 11.5 Å². The van der Waals surface area contributed by atoms with Crippen LogP contribution in [0.15, 0.2) is 48.5 Å². The van der Waals surface area contributed by atoms with E-state index in [4.69, 9.17) is 29.9 Å². The number of hydrogen-bond donors (Lipinski definition) is 4. The summed E-state index contributed by atoms with van der Waals surface area (Å²) in [6.45, 7) is 5.15. The summed E-state index contributed by atoms with van der Waals surface area (Å²) in [6.07, 6.45) is 0.500. The molecule has 0 aliphatic heterocycles. The summed E-state index contributed by atoms with van der Waals surface area (Å²) in [4.78, 5) is 0. The number of benzene rings is 2. The lowest BCUT2D eigenvalue weighted by molar-refractivity contribution is 0.201. The molecule has 0 fully saturated rings. The summed E-state index contributed by atoms with van der Waals surface area (Å²) in [7, 11) is 0. The van der Waals surface area contributed by atoms with Crippen molar-refractivity contribution in [1.82, 2.24) is 0 Å². The predicted molar refractivity (Wildman–Crippen MR) is 109 cm³/mol. The zero-order valence-electron chi connectivity index (χ0n) is 16.7. The molecule has 0 aliphatic carbocycles. The maximum atomic E-state index is 8.79. The first-order chi connectivity index (χ1) is 13.5. The third-order valence-corrected chi connectivity index (χ3v) is 4.19. The van der Waals surface area contributed by atoms with Crippen molar-refractivity contribution in [2.75, 3.05) is 39.6 Å². The third kappa shape index (κ3) is 7.86. The van der Waals surface area contributed by atoms with Gasteiger partial charge in [0.1, 0.15) is 24.7 Å². The van der Waals surface area contributed by atoms with Gasteiger partial charge in [0, 0.05) is 18.6 Å². The van der Waals surface area contributed by atoms with Crippen LogP contribution >= 0.6 is 0 Å². The first-order valence-corrected chi connectivity index (χ1v) is 9.39. The first-order valence-electron chi connectivity index (χ1n) is 9.39. The monoisotopic (exact) mass is 392 g/mol. The lowest BCUT2D eigenvalue weighted by Gasteiger charge is -2.26. The van der Waals surface area contributed by atoms with Crippen LogP contribution < -0.4 is 9.47 Å². The van der Waals surface area contributed by atoms with Crippen molar-refractivity contribution < 1.29 is 29.9 Å². The van der Waals surface area contributed by atoms with Crippen molar-refractivity contribution in [2.45, 2.75) is 25.7 Å². The topological polar surface area (TPSA) is 99.4 Å². The maximum absolute atomic E-state index is 8.79. The highest BCUT2D eigenvalue weighted by molar-refractivity contribution is 5.41. The van der Waals surface area contributed by atoms with Gasteiger partial charge in [-0.05, 0) is 41.8 Å². The zero-order chi connectivity index (χ0) is 20.8. The van der Waals surface area contributed by atoms with E-state index < -0.39 is 0 Å². The molecule has 6 nitrogen and oxygen atoms in total. The highest BCUT2D eigenvalue weighted by Crippen LogP contribution is 2.33. The standard InChI is InChI=1S/C19H24O4.C3H8O2/c1-19(2,15-3-7-17(8-4-15)22-13-11-20)16-5-9-18(10-6-16)23-14-12-21;4-2-1-3-5/h3-10,20-21H,11-14H2,1-2H3;4-5H,1-3H2. The molecule has 4 N–H and O–H groups in total. The van der Waals surface area contributed by atoms with E-state index in [2.05, 4.69) is 13.8 Å². The zero-order valence-corrected chi connectivity index (χ0v) is 16.7. The highest BCUT2D eigenvalue weighted by atomic mass is 16.5. The molecule has 156 valence electrons. The molecule has 0 spiro atoms. The fourth-order valence-corrected chi connectivity index (χ4v) is 2.50. The summed E-state index contributed by atoms with van der Waals surface area (Å²) >= 11 is 0. The average Bonchev–Trinajstić information content (AvgIpc) is 2.72. The average molecular weight is 392 g/mol. The van der Waals surface area contributed by atoms with Crippen LogP contribution in [0.3, 0.4) is 0 Å². The Hall–Kier alpha value is -2.12. The molecule has 0 unspecified atom stereocenters. The molecule has 0 atom stereocenters. The van der Waals surface area contributed by atoms with Crippen LogP contribution in [-0.4, -0.2) is 60.1 Å². The van der Waals surface area contributed by atoms with Crippen LogP contribution in [0.2, 0.25) is 0 Å². The Bertz CT molecular complexity index is 582. The van der Waals surface area contributed by atoms with Crippen molar-refractivity contribution in [3.05, 3.63) is 59.7 Å². The minimum atomic E-state index is -0.148. The van der Waals surface area contributed by atoms with Gasteiger partial charge >= 0.3 is 0 Å².